The standard InChI is InChI=1S/C10H15N/c1-5-9(4)10(6-2)8-11-7-3/h5-8H,2H2,1,3-4H3/b9-5+,10-8+,11-7?. The maximum absolute atomic E-state index is 4.01. The number of hydrogen-bond donors (Lipinski definition) is 0. The molecule has 0 amide bonds. The van der Waals surface area contributed by atoms with Gasteiger partial charge in [-0.05, 0) is 31.9 Å². The summed E-state index contributed by atoms with van der Waals surface area (Å²) in [6.45, 7) is 9.63. The molecule has 0 aliphatic rings. The molecule has 0 atom stereocenters. The van der Waals surface area contributed by atoms with E-state index < -0.39 is 0 Å². The molecule has 0 saturated carbocycles. The van der Waals surface area contributed by atoms with Crippen molar-refractivity contribution in [2.45, 2.75) is 20.8 Å². The molecule has 0 aliphatic heterocycles. The summed E-state index contributed by atoms with van der Waals surface area (Å²) in [5, 5.41) is 0. The number of allylic oxidation sites excluding steroid dienone is 4. The van der Waals surface area contributed by atoms with E-state index in [0.717, 1.165) is 5.57 Å². The molecule has 0 bridgehead atoms. The average Bonchev–Trinajstić information content (AvgIpc) is 2.05. The number of aliphatic imine (C=N–C) groups is 1. The summed E-state index contributed by atoms with van der Waals surface area (Å²) in [5.74, 6) is 0. The molecule has 0 aliphatic carbocycles. The SMILES string of the molecule is C=CC(=C\N=CC)/C(C)=C/C. The van der Waals surface area contributed by atoms with Gasteiger partial charge in [-0.15, -0.1) is 0 Å². The van der Waals surface area contributed by atoms with Gasteiger partial charge >= 0.3 is 0 Å². The molecule has 0 rings (SSSR count). The highest BCUT2D eigenvalue weighted by Crippen LogP contribution is 2.09. The van der Waals surface area contributed by atoms with Crippen molar-refractivity contribution < 1.29 is 0 Å². The molecule has 11 heavy (non-hydrogen) atoms. The third-order valence-corrected chi connectivity index (χ3v) is 1.47. The lowest BCUT2D eigenvalue weighted by molar-refractivity contribution is 1.36. The van der Waals surface area contributed by atoms with E-state index in [1.807, 2.05) is 39.1 Å². The lowest BCUT2D eigenvalue weighted by Crippen LogP contribution is -1.78. The molecular formula is C10H15N. The van der Waals surface area contributed by atoms with Crippen LogP contribution in [0.4, 0.5) is 0 Å². The molecule has 0 unspecified atom stereocenters. The average molecular weight is 149 g/mol. The van der Waals surface area contributed by atoms with E-state index in [0.29, 0.717) is 0 Å². The first kappa shape index (κ1) is 9.89. The van der Waals surface area contributed by atoms with Crippen LogP contribution in [0.1, 0.15) is 20.8 Å². The van der Waals surface area contributed by atoms with Crippen molar-refractivity contribution >= 4 is 6.21 Å². The predicted molar refractivity (Wildman–Crippen MR) is 51.9 cm³/mol. The third kappa shape index (κ3) is 3.56. The monoisotopic (exact) mass is 149 g/mol. The largest absolute Gasteiger partial charge is 0.269 e. The Morgan fingerprint density at radius 2 is 2.00 bits per heavy atom. The van der Waals surface area contributed by atoms with Gasteiger partial charge in [-0.25, -0.2) is 0 Å². The van der Waals surface area contributed by atoms with Crippen molar-refractivity contribution in [3.05, 3.63) is 36.1 Å². The van der Waals surface area contributed by atoms with Gasteiger partial charge in [-0.3, -0.25) is 4.99 Å². The summed E-state index contributed by atoms with van der Waals surface area (Å²) in [6.07, 6.45) is 7.41. The zero-order chi connectivity index (χ0) is 8.69. The van der Waals surface area contributed by atoms with Crippen LogP contribution in [0.3, 0.4) is 0 Å². The highest BCUT2D eigenvalue weighted by molar-refractivity contribution is 5.55. The van der Waals surface area contributed by atoms with E-state index >= 15 is 0 Å². The van der Waals surface area contributed by atoms with Crippen molar-refractivity contribution in [2.75, 3.05) is 0 Å². The van der Waals surface area contributed by atoms with Crippen LogP contribution in [-0.4, -0.2) is 6.21 Å². The van der Waals surface area contributed by atoms with E-state index in [1.54, 1.807) is 6.21 Å². The zero-order valence-corrected chi connectivity index (χ0v) is 7.46. The van der Waals surface area contributed by atoms with Gasteiger partial charge in [0.1, 0.15) is 0 Å². The van der Waals surface area contributed by atoms with Crippen LogP contribution in [0, 0.1) is 0 Å². The first-order valence-corrected chi connectivity index (χ1v) is 3.70. The van der Waals surface area contributed by atoms with E-state index in [9.17, 15) is 0 Å². The van der Waals surface area contributed by atoms with Crippen LogP contribution in [0.5, 0.6) is 0 Å². The molecule has 0 fully saturated rings. The van der Waals surface area contributed by atoms with Crippen LogP contribution < -0.4 is 0 Å². The minimum Gasteiger partial charge on any atom is -0.269 e. The predicted octanol–water partition coefficient (Wildman–Crippen LogP) is 3.11. The van der Waals surface area contributed by atoms with Crippen LogP contribution in [0.2, 0.25) is 0 Å². The molecule has 0 N–H and O–H groups in total. The third-order valence-electron chi connectivity index (χ3n) is 1.47. The molecule has 1 nitrogen and oxygen atoms in total. The normalized spacial score (nSPS) is 14.1. The summed E-state index contributed by atoms with van der Waals surface area (Å²) in [7, 11) is 0. The summed E-state index contributed by atoms with van der Waals surface area (Å²) < 4.78 is 0. The molecule has 0 spiro atoms. The fourth-order valence-electron chi connectivity index (χ4n) is 0.637. The first-order valence-electron chi connectivity index (χ1n) is 3.70. The van der Waals surface area contributed by atoms with Gasteiger partial charge in [-0.2, -0.15) is 0 Å². The molecule has 1 heteroatoms. The van der Waals surface area contributed by atoms with Crippen LogP contribution in [-0.2, 0) is 0 Å². The van der Waals surface area contributed by atoms with E-state index in [2.05, 4.69) is 11.6 Å². The van der Waals surface area contributed by atoms with Crippen molar-refractivity contribution in [1.82, 2.24) is 0 Å². The Kier molecular flexibility index (Phi) is 5.09. The fourth-order valence-corrected chi connectivity index (χ4v) is 0.637. The second-order valence-electron chi connectivity index (χ2n) is 2.17. The topological polar surface area (TPSA) is 12.4 Å². The smallest absolute Gasteiger partial charge is 0.0338 e. The first-order chi connectivity index (χ1) is 5.26. The Morgan fingerprint density at radius 3 is 2.36 bits per heavy atom. The number of hydrogen-bond acceptors (Lipinski definition) is 1. The summed E-state index contributed by atoms with van der Waals surface area (Å²) in [5.41, 5.74) is 2.27. The van der Waals surface area contributed by atoms with Gasteiger partial charge in [0, 0.05) is 12.4 Å². The molecule has 0 aromatic rings. The van der Waals surface area contributed by atoms with Crippen LogP contribution >= 0.6 is 0 Å². The minimum atomic E-state index is 1.07. The van der Waals surface area contributed by atoms with Gasteiger partial charge in [0.25, 0.3) is 0 Å². The van der Waals surface area contributed by atoms with Crippen molar-refractivity contribution in [3.63, 3.8) is 0 Å². The molecular weight excluding hydrogens is 134 g/mol. The molecule has 0 aromatic carbocycles. The molecule has 0 saturated heterocycles. The number of rotatable bonds is 3. The van der Waals surface area contributed by atoms with Gasteiger partial charge in [0.05, 0.1) is 0 Å². The van der Waals surface area contributed by atoms with Crippen molar-refractivity contribution in [3.8, 4) is 0 Å². The Morgan fingerprint density at radius 1 is 1.36 bits per heavy atom. The Bertz CT molecular complexity index is 207. The zero-order valence-electron chi connectivity index (χ0n) is 7.46. The summed E-state index contributed by atoms with van der Waals surface area (Å²) >= 11 is 0. The van der Waals surface area contributed by atoms with E-state index in [1.165, 1.54) is 5.57 Å². The second-order valence-corrected chi connectivity index (χ2v) is 2.17. The summed E-state index contributed by atoms with van der Waals surface area (Å²) in [6, 6.07) is 0. The van der Waals surface area contributed by atoms with Crippen molar-refractivity contribution in [2.24, 2.45) is 4.99 Å². The molecule has 0 aromatic heterocycles. The molecule has 0 radical (unpaired) electrons. The van der Waals surface area contributed by atoms with Gasteiger partial charge in [0.15, 0.2) is 0 Å². The highest BCUT2D eigenvalue weighted by atomic mass is 14.7. The maximum atomic E-state index is 4.01. The Hall–Kier alpha value is -1.11. The van der Waals surface area contributed by atoms with Crippen LogP contribution in [0.25, 0.3) is 0 Å². The lowest BCUT2D eigenvalue weighted by Gasteiger charge is -1.97. The van der Waals surface area contributed by atoms with Gasteiger partial charge in [-0.1, -0.05) is 18.7 Å². The van der Waals surface area contributed by atoms with Gasteiger partial charge < -0.3 is 0 Å². The fraction of sp³-hybridized carbons (Fsp3) is 0.300. The van der Waals surface area contributed by atoms with E-state index in [-0.39, 0.29) is 0 Å². The minimum absolute atomic E-state index is 1.07. The Labute approximate surface area is 68.9 Å². The quantitative estimate of drug-likeness (QED) is 0.432. The summed E-state index contributed by atoms with van der Waals surface area (Å²) in [4.78, 5) is 4.01. The maximum Gasteiger partial charge on any atom is 0.0338 e. The molecule has 0 heterocycles. The highest BCUT2D eigenvalue weighted by Gasteiger charge is 1.90. The van der Waals surface area contributed by atoms with Crippen molar-refractivity contribution in [1.29, 1.82) is 0 Å². The Balaban J connectivity index is 4.52. The molecule has 60 valence electrons. The van der Waals surface area contributed by atoms with Gasteiger partial charge in [0.2, 0.25) is 0 Å². The second kappa shape index (κ2) is 5.66. The number of nitrogens with zero attached hydrogens (tertiary/aromatic N) is 1. The van der Waals surface area contributed by atoms with Crippen LogP contribution in [0.15, 0.2) is 41.1 Å². The van der Waals surface area contributed by atoms with E-state index in [4.69, 9.17) is 0 Å². The lowest BCUT2D eigenvalue weighted by atomic mass is 10.1.